The molecule has 3 aromatic rings. The van der Waals surface area contributed by atoms with Gasteiger partial charge in [-0.15, -0.1) is 0 Å². The zero-order valence-corrected chi connectivity index (χ0v) is 11.6. The lowest BCUT2D eigenvalue weighted by atomic mass is 10.2. The average molecular weight is 323 g/mol. The van der Waals surface area contributed by atoms with E-state index < -0.39 is 11.6 Å². The number of aryl methyl sites for hydroxylation is 1. The Labute approximate surface area is 116 Å². The number of benzene rings is 2. The van der Waals surface area contributed by atoms with E-state index in [4.69, 9.17) is 0 Å². The summed E-state index contributed by atoms with van der Waals surface area (Å²) in [5.74, 6) is -1.12. The van der Waals surface area contributed by atoms with Gasteiger partial charge < -0.3 is 4.57 Å². The summed E-state index contributed by atoms with van der Waals surface area (Å²) in [5.41, 5.74) is 2.29. The molecule has 0 radical (unpaired) electrons. The van der Waals surface area contributed by atoms with Crippen molar-refractivity contribution >= 4 is 27.0 Å². The number of halogens is 3. The molecule has 0 saturated heterocycles. The van der Waals surface area contributed by atoms with E-state index >= 15 is 0 Å². The molecule has 1 heterocycles. The molecule has 2 aromatic carbocycles. The first-order chi connectivity index (χ1) is 9.06. The Bertz CT molecular complexity index is 780. The monoisotopic (exact) mass is 322 g/mol. The average Bonchev–Trinajstić information content (AvgIpc) is 2.70. The topological polar surface area (TPSA) is 17.8 Å². The number of rotatable bonds is 1. The van der Waals surface area contributed by atoms with Gasteiger partial charge in [0.1, 0.15) is 5.82 Å². The number of nitrogens with zero attached hydrogens (tertiary/aromatic N) is 2. The minimum Gasteiger partial charge on any atom is -0.327 e. The molecule has 0 bridgehead atoms. The summed E-state index contributed by atoms with van der Waals surface area (Å²) in [6.07, 6.45) is 0. The molecule has 0 fully saturated rings. The van der Waals surface area contributed by atoms with Gasteiger partial charge in [-0.05, 0) is 36.4 Å². The minimum absolute atomic E-state index is 0.550. The third kappa shape index (κ3) is 2.04. The fraction of sp³-hybridized carbons (Fsp3) is 0.0714. The van der Waals surface area contributed by atoms with Crippen LogP contribution in [0.25, 0.3) is 22.4 Å². The highest BCUT2D eigenvalue weighted by molar-refractivity contribution is 9.10. The highest BCUT2D eigenvalue weighted by Crippen LogP contribution is 2.26. The zero-order valence-electron chi connectivity index (χ0n) is 9.99. The van der Waals surface area contributed by atoms with Crippen molar-refractivity contribution in [2.45, 2.75) is 0 Å². The summed E-state index contributed by atoms with van der Waals surface area (Å²) >= 11 is 3.38. The normalized spacial score (nSPS) is 11.2. The molecule has 0 saturated carbocycles. The molecular weight excluding hydrogens is 314 g/mol. The van der Waals surface area contributed by atoms with E-state index in [1.807, 2.05) is 29.8 Å². The van der Waals surface area contributed by atoms with Gasteiger partial charge in [0.15, 0.2) is 11.6 Å². The Morgan fingerprint density at radius 3 is 2.58 bits per heavy atom. The van der Waals surface area contributed by atoms with Crippen molar-refractivity contribution in [3.8, 4) is 11.4 Å². The van der Waals surface area contributed by atoms with Crippen LogP contribution in [-0.4, -0.2) is 9.55 Å². The van der Waals surface area contributed by atoms with Crippen LogP contribution in [0.5, 0.6) is 0 Å². The first-order valence-corrected chi connectivity index (χ1v) is 6.43. The summed E-state index contributed by atoms with van der Waals surface area (Å²) in [6.45, 7) is 0. The van der Waals surface area contributed by atoms with Crippen molar-refractivity contribution in [3.63, 3.8) is 0 Å². The Kier molecular flexibility index (Phi) is 2.86. The van der Waals surface area contributed by atoms with Crippen LogP contribution in [0.2, 0.25) is 0 Å². The SMILES string of the molecule is Cn1c(-c2ccc(F)c(F)c2)nc2cc(Br)ccc21. The number of fused-ring (bicyclic) bond motifs is 1. The van der Waals surface area contributed by atoms with Gasteiger partial charge in [0.25, 0.3) is 0 Å². The number of hydrogen-bond donors (Lipinski definition) is 0. The molecule has 0 N–H and O–H groups in total. The second-order valence-electron chi connectivity index (χ2n) is 4.26. The summed E-state index contributed by atoms with van der Waals surface area (Å²) in [4.78, 5) is 4.46. The first-order valence-electron chi connectivity index (χ1n) is 5.63. The molecule has 96 valence electrons. The lowest BCUT2D eigenvalue weighted by Crippen LogP contribution is -1.94. The fourth-order valence-corrected chi connectivity index (χ4v) is 2.42. The van der Waals surface area contributed by atoms with Gasteiger partial charge >= 0.3 is 0 Å². The van der Waals surface area contributed by atoms with Crippen LogP contribution in [0.1, 0.15) is 0 Å². The summed E-state index contributed by atoms with van der Waals surface area (Å²) < 4.78 is 29.0. The maximum absolute atomic E-state index is 13.3. The van der Waals surface area contributed by atoms with Crippen LogP contribution in [-0.2, 0) is 7.05 Å². The summed E-state index contributed by atoms with van der Waals surface area (Å²) in [6, 6.07) is 9.52. The van der Waals surface area contributed by atoms with Crippen LogP contribution in [0, 0.1) is 11.6 Å². The minimum atomic E-state index is -0.870. The Balaban J connectivity index is 2.24. The molecule has 2 nitrogen and oxygen atoms in total. The second-order valence-corrected chi connectivity index (χ2v) is 5.17. The third-order valence-corrected chi connectivity index (χ3v) is 3.51. The van der Waals surface area contributed by atoms with Crippen molar-refractivity contribution in [2.75, 3.05) is 0 Å². The largest absolute Gasteiger partial charge is 0.327 e. The van der Waals surface area contributed by atoms with Gasteiger partial charge in [0.2, 0.25) is 0 Å². The second kappa shape index (κ2) is 4.42. The number of hydrogen-bond acceptors (Lipinski definition) is 1. The van der Waals surface area contributed by atoms with E-state index in [1.54, 1.807) is 0 Å². The van der Waals surface area contributed by atoms with Crippen molar-refractivity contribution in [2.24, 2.45) is 7.05 Å². The molecule has 0 aliphatic rings. The molecule has 1 aromatic heterocycles. The van der Waals surface area contributed by atoms with E-state index in [0.29, 0.717) is 11.4 Å². The Morgan fingerprint density at radius 2 is 1.84 bits per heavy atom. The van der Waals surface area contributed by atoms with E-state index in [-0.39, 0.29) is 0 Å². The van der Waals surface area contributed by atoms with E-state index in [9.17, 15) is 8.78 Å². The molecule has 5 heteroatoms. The van der Waals surface area contributed by atoms with E-state index in [2.05, 4.69) is 20.9 Å². The molecule has 3 rings (SSSR count). The molecule has 0 spiro atoms. The predicted molar refractivity (Wildman–Crippen MR) is 73.8 cm³/mol. The molecule has 19 heavy (non-hydrogen) atoms. The van der Waals surface area contributed by atoms with Gasteiger partial charge in [-0.25, -0.2) is 13.8 Å². The standard InChI is InChI=1S/C14H9BrF2N2/c1-19-13-5-3-9(15)7-12(13)18-14(19)8-2-4-10(16)11(17)6-8/h2-7H,1H3. The molecule has 0 unspecified atom stereocenters. The maximum atomic E-state index is 13.3. The lowest BCUT2D eigenvalue weighted by molar-refractivity contribution is 0.509. The van der Waals surface area contributed by atoms with Crippen LogP contribution in [0.15, 0.2) is 40.9 Å². The van der Waals surface area contributed by atoms with E-state index in [0.717, 1.165) is 27.6 Å². The van der Waals surface area contributed by atoms with Crippen LogP contribution < -0.4 is 0 Å². The summed E-state index contributed by atoms with van der Waals surface area (Å²) in [7, 11) is 1.85. The Morgan fingerprint density at radius 1 is 1.05 bits per heavy atom. The highest BCUT2D eigenvalue weighted by atomic mass is 79.9. The van der Waals surface area contributed by atoms with Gasteiger partial charge in [-0.1, -0.05) is 15.9 Å². The zero-order chi connectivity index (χ0) is 13.6. The van der Waals surface area contributed by atoms with Gasteiger partial charge in [0, 0.05) is 17.1 Å². The molecule has 0 atom stereocenters. The van der Waals surface area contributed by atoms with Crippen molar-refractivity contribution in [1.29, 1.82) is 0 Å². The van der Waals surface area contributed by atoms with Gasteiger partial charge in [0.05, 0.1) is 11.0 Å². The number of imidazole rings is 1. The molecule has 0 aliphatic heterocycles. The van der Waals surface area contributed by atoms with Crippen molar-refractivity contribution in [1.82, 2.24) is 9.55 Å². The van der Waals surface area contributed by atoms with Crippen LogP contribution >= 0.6 is 15.9 Å². The first kappa shape index (κ1) is 12.3. The third-order valence-electron chi connectivity index (χ3n) is 3.02. The molecular formula is C14H9BrF2N2. The quantitative estimate of drug-likeness (QED) is 0.653. The number of aromatic nitrogens is 2. The van der Waals surface area contributed by atoms with Crippen LogP contribution in [0.3, 0.4) is 0 Å². The van der Waals surface area contributed by atoms with Crippen molar-refractivity contribution < 1.29 is 8.78 Å². The summed E-state index contributed by atoms with van der Waals surface area (Å²) in [5, 5.41) is 0. The molecule has 0 amide bonds. The maximum Gasteiger partial charge on any atom is 0.159 e. The predicted octanol–water partition coefficient (Wildman–Crippen LogP) is 4.28. The molecule has 0 aliphatic carbocycles. The van der Waals surface area contributed by atoms with Gasteiger partial charge in [-0.3, -0.25) is 0 Å². The highest BCUT2D eigenvalue weighted by Gasteiger charge is 2.12. The van der Waals surface area contributed by atoms with Crippen molar-refractivity contribution in [3.05, 3.63) is 52.5 Å². The van der Waals surface area contributed by atoms with Gasteiger partial charge in [-0.2, -0.15) is 0 Å². The Hall–Kier alpha value is -1.75. The lowest BCUT2D eigenvalue weighted by Gasteiger charge is -2.03. The van der Waals surface area contributed by atoms with Crippen LogP contribution in [0.4, 0.5) is 8.78 Å². The fourth-order valence-electron chi connectivity index (χ4n) is 2.07. The smallest absolute Gasteiger partial charge is 0.159 e. The van der Waals surface area contributed by atoms with E-state index in [1.165, 1.54) is 6.07 Å².